The Hall–Kier alpha value is -3.75. The molecule has 0 aromatic heterocycles. The van der Waals surface area contributed by atoms with Crippen molar-refractivity contribution in [2.75, 3.05) is 18.5 Å². The zero-order valence-electron chi connectivity index (χ0n) is 15.1. The molecule has 0 spiro atoms. The molecule has 0 bridgehead atoms. The lowest BCUT2D eigenvalue weighted by Crippen LogP contribution is -2.21. The van der Waals surface area contributed by atoms with E-state index in [0.29, 0.717) is 36.1 Å². The van der Waals surface area contributed by atoms with Gasteiger partial charge in [-0.2, -0.15) is 5.10 Å². The summed E-state index contributed by atoms with van der Waals surface area (Å²) in [4.78, 5) is 24.1. The average Bonchev–Trinajstić information content (AvgIpc) is 2.68. The molecule has 0 saturated heterocycles. The van der Waals surface area contributed by atoms with E-state index in [1.807, 2.05) is 0 Å². The highest BCUT2D eigenvalue weighted by atomic mass is 16.6. The van der Waals surface area contributed by atoms with Gasteiger partial charge >= 0.3 is 0 Å². The Labute approximate surface area is 160 Å². The second-order valence-corrected chi connectivity index (χ2v) is 6.07. The number of aromatic hydroxyl groups is 2. The van der Waals surface area contributed by atoms with Crippen LogP contribution in [0.15, 0.2) is 41.5 Å². The Morgan fingerprint density at radius 2 is 1.79 bits per heavy atom. The fourth-order valence-electron chi connectivity index (χ4n) is 2.47. The van der Waals surface area contributed by atoms with E-state index in [1.54, 1.807) is 25.1 Å². The van der Waals surface area contributed by atoms with Crippen molar-refractivity contribution in [3.8, 4) is 23.0 Å². The predicted octanol–water partition coefficient (Wildman–Crippen LogP) is 2.00. The van der Waals surface area contributed by atoms with E-state index in [4.69, 9.17) is 9.47 Å². The van der Waals surface area contributed by atoms with Gasteiger partial charge in [0.15, 0.2) is 23.0 Å². The van der Waals surface area contributed by atoms with Crippen LogP contribution >= 0.6 is 0 Å². The predicted molar refractivity (Wildman–Crippen MR) is 101 cm³/mol. The summed E-state index contributed by atoms with van der Waals surface area (Å²) in [6.45, 7) is 2.54. The number of hydrogen-bond acceptors (Lipinski definition) is 7. The largest absolute Gasteiger partial charge is 0.504 e. The van der Waals surface area contributed by atoms with E-state index in [9.17, 15) is 19.8 Å². The van der Waals surface area contributed by atoms with Crippen molar-refractivity contribution in [2.24, 2.45) is 5.10 Å². The van der Waals surface area contributed by atoms with Gasteiger partial charge in [0.05, 0.1) is 6.42 Å². The first kappa shape index (κ1) is 19.0. The van der Waals surface area contributed by atoms with E-state index < -0.39 is 11.7 Å². The Balaban J connectivity index is 1.54. The Kier molecular flexibility index (Phi) is 5.64. The molecule has 4 N–H and O–H groups in total. The lowest BCUT2D eigenvalue weighted by Gasteiger charge is -2.19. The third kappa shape index (κ3) is 4.70. The highest BCUT2D eigenvalue weighted by Gasteiger charge is 2.13. The molecule has 9 heteroatoms. The summed E-state index contributed by atoms with van der Waals surface area (Å²) >= 11 is 0. The monoisotopic (exact) mass is 385 g/mol. The van der Waals surface area contributed by atoms with Crippen LogP contribution in [0.25, 0.3) is 0 Å². The molecule has 28 heavy (non-hydrogen) atoms. The maximum atomic E-state index is 12.2. The summed E-state index contributed by atoms with van der Waals surface area (Å²) in [6, 6.07) is 8.75. The molecule has 2 aromatic rings. The van der Waals surface area contributed by atoms with Crippen molar-refractivity contribution in [1.29, 1.82) is 0 Å². The number of ether oxygens (including phenoxy) is 2. The molecule has 0 radical (unpaired) electrons. The highest BCUT2D eigenvalue weighted by molar-refractivity contribution is 6.06. The van der Waals surface area contributed by atoms with Crippen LogP contribution in [0.3, 0.4) is 0 Å². The Morgan fingerprint density at radius 1 is 1.04 bits per heavy atom. The van der Waals surface area contributed by atoms with Crippen LogP contribution in [-0.4, -0.2) is 41.0 Å². The van der Waals surface area contributed by atoms with Crippen molar-refractivity contribution in [3.63, 3.8) is 0 Å². The van der Waals surface area contributed by atoms with E-state index in [-0.39, 0.29) is 23.6 Å². The van der Waals surface area contributed by atoms with Gasteiger partial charge in [-0.25, -0.2) is 5.43 Å². The number of hydrazone groups is 1. The van der Waals surface area contributed by atoms with E-state index in [2.05, 4.69) is 15.8 Å². The summed E-state index contributed by atoms with van der Waals surface area (Å²) in [5.41, 5.74) is 3.36. The highest BCUT2D eigenvalue weighted by Crippen LogP contribution is 2.32. The smallest absolute Gasteiger partial charge is 0.271 e. The van der Waals surface area contributed by atoms with Gasteiger partial charge in [-0.05, 0) is 37.3 Å². The number of carbonyl (C=O) groups is 2. The number of amides is 2. The average molecular weight is 385 g/mol. The number of phenols is 2. The summed E-state index contributed by atoms with van der Waals surface area (Å²) in [5.74, 6) is -0.431. The number of benzene rings is 2. The van der Waals surface area contributed by atoms with Gasteiger partial charge in [0, 0.05) is 23.0 Å². The summed E-state index contributed by atoms with van der Waals surface area (Å²) in [5, 5.41) is 25.3. The number of rotatable bonds is 5. The Morgan fingerprint density at radius 3 is 2.54 bits per heavy atom. The third-order valence-corrected chi connectivity index (χ3v) is 3.83. The van der Waals surface area contributed by atoms with Gasteiger partial charge in [0.1, 0.15) is 13.2 Å². The molecule has 1 heterocycles. The fraction of sp³-hybridized carbons (Fsp3) is 0.211. The molecule has 0 saturated carbocycles. The molecule has 2 aromatic carbocycles. The van der Waals surface area contributed by atoms with Crippen molar-refractivity contribution in [3.05, 3.63) is 42.0 Å². The molecule has 9 nitrogen and oxygen atoms in total. The first-order chi connectivity index (χ1) is 13.4. The number of nitrogens with one attached hydrogen (secondary N) is 2. The topological polar surface area (TPSA) is 129 Å². The summed E-state index contributed by atoms with van der Waals surface area (Å²) in [6.07, 6.45) is -0.0322. The molecule has 1 aliphatic rings. The summed E-state index contributed by atoms with van der Waals surface area (Å²) in [7, 11) is 0. The van der Waals surface area contributed by atoms with Crippen LogP contribution < -0.4 is 20.2 Å². The van der Waals surface area contributed by atoms with Crippen molar-refractivity contribution >= 4 is 23.2 Å². The molecule has 0 unspecified atom stereocenters. The second kappa shape index (κ2) is 8.30. The van der Waals surface area contributed by atoms with Crippen LogP contribution in [0.1, 0.15) is 23.7 Å². The quantitative estimate of drug-likeness (QED) is 0.354. The third-order valence-electron chi connectivity index (χ3n) is 3.83. The van der Waals surface area contributed by atoms with Crippen molar-refractivity contribution in [1.82, 2.24) is 5.43 Å². The zero-order valence-corrected chi connectivity index (χ0v) is 15.1. The Bertz CT molecular complexity index is 941. The van der Waals surface area contributed by atoms with Gasteiger partial charge in [0.2, 0.25) is 5.91 Å². The van der Waals surface area contributed by atoms with Crippen molar-refractivity contribution < 1.29 is 29.3 Å². The number of anilines is 1. The molecule has 0 fully saturated rings. The summed E-state index contributed by atoms with van der Waals surface area (Å²) < 4.78 is 10.9. The van der Waals surface area contributed by atoms with Crippen LogP contribution in [-0.2, 0) is 4.79 Å². The van der Waals surface area contributed by atoms with Gasteiger partial charge < -0.3 is 25.0 Å². The molecule has 0 aliphatic carbocycles. The van der Waals surface area contributed by atoms with Crippen LogP contribution in [0.5, 0.6) is 23.0 Å². The van der Waals surface area contributed by atoms with Crippen LogP contribution in [0.2, 0.25) is 0 Å². The number of phenolic OH excluding ortho intramolecular Hbond substituents is 2. The normalized spacial score (nSPS) is 13.0. The molecule has 0 atom stereocenters. The van der Waals surface area contributed by atoms with Gasteiger partial charge in [-0.15, -0.1) is 0 Å². The minimum absolute atomic E-state index is 0.0322. The van der Waals surface area contributed by atoms with E-state index >= 15 is 0 Å². The zero-order chi connectivity index (χ0) is 20.1. The number of hydrogen-bond donors (Lipinski definition) is 4. The van der Waals surface area contributed by atoms with Gasteiger partial charge in [-0.1, -0.05) is 0 Å². The number of nitrogens with zero attached hydrogens (tertiary/aromatic N) is 1. The molecule has 3 rings (SSSR count). The molecular weight excluding hydrogens is 366 g/mol. The second-order valence-electron chi connectivity index (χ2n) is 6.07. The molecule has 146 valence electrons. The fourth-order valence-corrected chi connectivity index (χ4v) is 2.47. The first-order valence-corrected chi connectivity index (χ1v) is 8.47. The minimum Gasteiger partial charge on any atom is -0.504 e. The first-order valence-electron chi connectivity index (χ1n) is 8.47. The number of fused-ring (bicyclic) bond motifs is 1. The maximum Gasteiger partial charge on any atom is 0.271 e. The molecule has 1 aliphatic heterocycles. The lowest BCUT2D eigenvalue weighted by atomic mass is 10.2. The number of carbonyl (C=O) groups excluding carboxylic acids is 2. The lowest BCUT2D eigenvalue weighted by molar-refractivity contribution is -0.115. The van der Waals surface area contributed by atoms with Gasteiger partial charge in [-0.3, -0.25) is 9.59 Å². The van der Waals surface area contributed by atoms with Crippen LogP contribution in [0.4, 0.5) is 5.69 Å². The van der Waals surface area contributed by atoms with Gasteiger partial charge in [0.25, 0.3) is 5.91 Å². The molecular formula is C19H19N3O6. The van der Waals surface area contributed by atoms with Crippen LogP contribution in [0, 0.1) is 0 Å². The molecule has 2 amide bonds. The SMILES string of the molecule is C/C(CC(=O)Nc1ccc2c(c1)OCCO2)=N\NC(=O)c1ccc(O)c(O)c1. The van der Waals surface area contributed by atoms with E-state index in [0.717, 1.165) is 6.07 Å². The minimum atomic E-state index is -0.582. The van der Waals surface area contributed by atoms with Crippen molar-refractivity contribution in [2.45, 2.75) is 13.3 Å². The maximum absolute atomic E-state index is 12.2. The standard InChI is InChI=1S/C19H19N3O6/c1-11(21-22-19(26)12-2-4-14(23)15(24)9-12)8-18(25)20-13-3-5-16-17(10-13)28-7-6-27-16/h2-5,9-10,23-24H,6-8H2,1H3,(H,20,25)(H,22,26)/b21-11+. The van der Waals surface area contributed by atoms with E-state index in [1.165, 1.54) is 12.1 Å².